The Morgan fingerprint density at radius 2 is 2.03 bits per heavy atom. The van der Waals surface area contributed by atoms with Crippen molar-refractivity contribution in [2.75, 3.05) is 24.7 Å². The largest absolute Gasteiger partial charge is 0.423 e. The Morgan fingerprint density at radius 1 is 1.21 bits per heavy atom. The van der Waals surface area contributed by atoms with Crippen molar-refractivity contribution in [3.63, 3.8) is 0 Å². The molecule has 0 amide bonds. The van der Waals surface area contributed by atoms with Crippen LogP contribution in [0.3, 0.4) is 0 Å². The average molecular weight is 440 g/mol. The highest BCUT2D eigenvalue weighted by Crippen LogP contribution is 2.29. The summed E-state index contributed by atoms with van der Waals surface area (Å²) >= 11 is 6.42. The van der Waals surface area contributed by atoms with E-state index in [9.17, 15) is 13.2 Å². The Bertz CT molecular complexity index is 1060. The van der Waals surface area contributed by atoms with E-state index >= 15 is 0 Å². The Morgan fingerprint density at radius 3 is 2.69 bits per heavy atom. The molecule has 2 aliphatic rings. The van der Waals surface area contributed by atoms with Crippen LogP contribution >= 0.6 is 11.6 Å². The van der Waals surface area contributed by atoms with E-state index in [2.05, 4.69) is 4.90 Å². The van der Waals surface area contributed by atoms with Gasteiger partial charge in [-0.2, -0.15) is 0 Å². The maximum atomic E-state index is 12.2. The maximum Gasteiger partial charge on any atom is 0.336 e. The predicted molar refractivity (Wildman–Crippen MR) is 113 cm³/mol. The van der Waals surface area contributed by atoms with E-state index in [0.29, 0.717) is 30.1 Å². The molecule has 2 atom stereocenters. The van der Waals surface area contributed by atoms with E-state index in [0.717, 1.165) is 42.4 Å². The van der Waals surface area contributed by atoms with Gasteiger partial charge < -0.3 is 9.15 Å². The number of hydrogen-bond donors (Lipinski definition) is 0. The van der Waals surface area contributed by atoms with Crippen LogP contribution in [-0.2, 0) is 27.5 Å². The summed E-state index contributed by atoms with van der Waals surface area (Å²) in [5.41, 5.74) is 1.85. The molecule has 0 spiro atoms. The van der Waals surface area contributed by atoms with Gasteiger partial charge in [-0.3, -0.25) is 4.90 Å². The van der Waals surface area contributed by atoms with E-state index in [-0.39, 0.29) is 23.7 Å². The number of hydrogen-bond acceptors (Lipinski definition) is 6. The van der Waals surface area contributed by atoms with Crippen molar-refractivity contribution in [1.82, 2.24) is 4.90 Å². The minimum atomic E-state index is -3.02. The van der Waals surface area contributed by atoms with E-state index < -0.39 is 15.5 Å². The highest BCUT2D eigenvalue weighted by Gasteiger charge is 2.34. The van der Waals surface area contributed by atoms with Gasteiger partial charge in [0.25, 0.3) is 0 Å². The second kappa shape index (κ2) is 8.38. The second-order valence-corrected chi connectivity index (χ2v) is 10.6. The maximum absolute atomic E-state index is 12.2. The van der Waals surface area contributed by atoms with Crippen molar-refractivity contribution in [1.29, 1.82) is 0 Å². The molecule has 2 fully saturated rings. The van der Waals surface area contributed by atoms with Crippen LogP contribution in [0.25, 0.3) is 11.0 Å². The van der Waals surface area contributed by atoms with E-state index in [1.54, 1.807) is 0 Å². The number of ether oxygens (including phenoxy) is 1. The molecule has 1 aromatic carbocycles. The summed E-state index contributed by atoms with van der Waals surface area (Å²) in [6, 6.07) is 5.10. The summed E-state index contributed by atoms with van der Waals surface area (Å²) in [5.74, 6) is 0.364. The normalized spacial score (nSPS) is 24.0. The van der Waals surface area contributed by atoms with E-state index in [4.69, 9.17) is 20.8 Å². The first kappa shape index (κ1) is 20.8. The summed E-state index contributed by atoms with van der Waals surface area (Å²) in [6.07, 6.45) is 3.44. The van der Waals surface area contributed by atoms with Crippen LogP contribution in [0.1, 0.15) is 37.3 Å². The van der Waals surface area contributed by atoms with Crippen LogP contribution in [-0.4, -0.2) is 50.1 Å². The predicted octanol–water partition coefficient (Wildman–Crippen LogP) is 3.18. The van der Waals surface area contributed by atoms with Crippen molar-refractivity contribution in [3.8, 4) is 0 Å². The molecule has 8 heteroatoms. The zero-order chi connectivity index (χ0) is 20.6. The van der Waals surface area contributed by atoms with Gasteiger partial charge in [-0.15, -0.1) is 0 Å². The van der Waals surface area contributed by atoms with Crippen LogP contribution < -0.4 is 5.63 Å². The summed E-state index contributed by atoms with van der Waals surface area (Å²) in [6.45, 7) is 3.86. The van der Waals surface area contributed by atoms with Crippen molar-refractivity contribution in [2.24, 2.45) is 0 Å². The minimum Gasteiger partial charge on any atom is -0.423 e. The number of benzene rings is 1. The smallest absolute Gasteiger partial charge is 0.336 e. The number of rotatable bonds is 6. The van der Waals surface area contributed by atoms with Gasteiger partial charge in [-0.1, -0.05) is 18.5 Å². The molecule has 0 N–H and O–H groups in total. The lowest BCUT2D eigenvalue weighted by Crippen LogP contribution is -2.40. The first-order valence-corrected chi connectivity index (χ1v) is 12.4. The molecular formula is C21H26ClNO5S. The summed E-state index contributed by atoms with van der Waals surface area (Å²) < 4.78 is 35.4. The van der Waals surface area contributed by atoms with Gasteiger partial charge >= 0.3 is 5.63 Å². The molecule has 0 bridgehead atoms. The fraction of sp³-hybridized carbons (Fsp3) is 0.571. The molecule has 2 aliphatic heterocycles. The van der Waals surface area contributed by atoms with Gasteiger partial charge in [0.05, 0.1) is 17.6 Å². The molecule has 3 heterocycles. The summed E-state index contributed by atoms with van der Waals surface area (Å²) in [7, 11) is -3.02. The minimum absolute atomic E-state index is 0.0723. The van der Waals surface area contributed by atoms with Gasteiger partial charge in [0, 0.05) is 42.2 Å². The topological polar surface area (TPSA) is 76.8 Å². The lowest BCUT2D eigenvalue weighted by molar-refractivity contribution is 0.0576. The molecule has 4 rings (SSSR count). The number of sulfone groups is 1. The Hall–Kier alpha value is -1.41. The summed E-state index contributed by atoms with van der Waals surface area (Å²) in [4.78, 5) is 14.4. The highest BCUT2D eigenvalue weighted by atomic mass is 35.5. The monoisotopic (exact) mass is 439 g/mol. The third-order valence-electron chi connectivity index (χ3n) is 5.94. The van der Waals surface area contributed by atoms with Crippen LogP contribution in [0.15, 0.2) is 27.4 Å². The molecular weight excluding hydrogens is 414 g/mol. The highest BCUT2D eigenvalue weighted by molar-refractivity contribution is 7.91. The molecule has 0 radical (unpaired) electrons. The van der Waals surface area contributed by atoms with Gasteiger partial charge in [-0.25, -0.2) is 13.2 Å². The van der Waals surface area contributed by atoms with E-state index in [1.165, 1.54) is 6.07 Å². The Balaban J connectivity index is 1.70. The van der Waals surface area contributed by atoms with Crippen molar-refractivity contribution < 1.29 is 17.6 Å². The van der Waals surface area contributed by atoms with E-state index in [1.807, 2.05) is 19.1 Å². The third kappa shape index (κ3) is 4.68. The zero-order valence-corrected chi connectivity index (χ0v) is 18.1. The SMILES string of the molecule is CCc1cc2oc(=O)cc(CN(CC3CCCO3)C3CCS(=O)(=O)C3)c2cc1Cl. The number of halogens is 1. The fourth-order valence-corrected chi connectivity index (χ4v) is 6.42. The lowest BCUT2D eigenvalue weighted by Gasteiger charge is -2.30. The van der Waals surface area contributed by atoms with Gasteiger partial charge in [0.15, 0.2) is 9.84 Å². The van der Waals surface area contributed by atoms with Gasteiger partial charge in [0.1, 0.15) is 5.58 Å². The van der Waals surface area contributed by atoms with Crippen LogP contribution in [0, 0.1) is 0 Å². The van der Waals surface area contributed by atoms with Crippen LogP contribution in [0.5, 0.6) is 0 Å². The average Bonchev–Trinajstić information content (AvgIpc) is 3.30. The molecule has 2 aromatic rings. The molecule has 2 unspecified atom stereocenters. The van der Waals surface area contributed by atoms with Crippen molar-refractivity contribution in [2.45, 2.75) is 51.3 Å². The zero-order valence-electron chi connectivity index (χ0n) is 16.5. The Kier molecular flexibility index (Phi) is 6.02. The summed E-state index contributed by atoms with van der Waals surface area (Å²) in [5, 5.41) is 1.44. The molecule has 2 saturated heterocycles. The number of aryl methyl sites for hydroxylation is 1. The molecule has 29 heavy (non-hydrogen) atoms. The van der Waals surface area contributed by atoms with Crippen LogP contribution in [0.4, 0.5) is 0 Å². The third-order valence-corrected chi connectivity index (χ3v) is 8.04. The quantitative estimate of drug-likeness (QED) is 0.643. The van der Waals surface area contributed by atoms with Gasteiger partial charge in [0.2, 0.25) is 0 Å². The molecule has 1 aromatic heterocycles. The van der Waals surface area contributed by atoms with Crippen LogP contribution in [0.2, 0.25) is 5.02 Å². The Labute approximate surface area is 175 Å². The fourth-order valence-electron chi connectivity index (χ4n) is 4.37. The van der Waals surface area contributed by atoms with Crippen molar-refractivity contribution in [3.05, 3.63) is 44.8 Å². The first-order valence-electron chi connectivity index (χ1n) is 10.2. The standard InChI is InChI=1S/C21H26ClNO5S/c1-2-14-8-20-18(10-19(14)22)15(9-21(24)28-20)11-23(12-17-4-3-6-27-17)16-5-7-29(25,26)13-16/h8-10,16-17H,2-7,11-13H2,1H3. The molecule has 158 valence electrons. The molecule has 6 nitrogen and oxygen atoms in total. The molecule has 0 aliphatic carbocycles. The number of fused-ring (bicyclic) bond motifs is 1. The van der Waals surface area contributed by atoms with Gasteiger partial charge in [-0.05, 0) is 48.9 Å². The van der Waals surface area contributed by atoms with Crippen molar-refractivity contribution >= 4 is 32.4 Å². The molecule has 0 saturated carbocycles. The second-order valence-electron chi connectivity index (χ2n) is 8.01. The number of nitrogens with zero attached hydrogens (tertiary/aromatic N) is 1. The first-order chi connectivity index (χ1) is 13.8. The lowest BCUT2D eigenvalue weighted by atomic mass is 10.0.